The Morgan fingerprint density at radius 3 is 2.35 bits per heavy atom. The first kappa shape index (κ1) is 28.1. The quantitative estimate of drug-likeness (QED) is 0.333. The molecule has 0 saturated carbocycles. The van der Waals surface area contributed by atoms with E-state index in [0.29, 0.717) is 64.1 Å². The third kappa shape index (κ3) is 7.02. The number of hydrogen-bond donors (Lipinski definition) is 1. The van der Waals surface area contributed by atoms with E-state index in [4.69, 9.17) is 9.47 Å². The van der Waals surface area contributed by atoms with Crippen molar-refractivity contribution in [2.75, 3.05) is 39.3 Å². The average molecular weight is 548 g/mol. The zero-order valence-electron chi connectivity index (χ0n) is 23.3. The molecule has 4 fully saturated rings. The third-order valence-corrected chi connectivity index (χ3v) is 8.78. The molecule has 0 spiro atoms. The van der Waals surface area contributed by atoms with E-state index in [0.717, 1.165) is 55.6 Å². The first-order chi connectivity index (χ1) is 19.5. The van der Waals surface area contributed by atoms with E-state index >= 15 is 0 Å². The summed E-state index contributed by atoms with van der Waals surface area (Å²) in [6.45, 7) is 4.72. The van der Waals surface area contributed by atoms with Gasteiger partial charge in [-0.1, -0.05) is 42.5 Å². The van der Waals surface area contributed by atoms with Gasteiger partial charge in [-0.25, -0.2) is 4.79 Å². The number of aryl methyl sites for hydroxylation is 1. The highest BCUT2D eigenvalue weighted by Crippen LogP contribution is 2.35. The molecule has 6 rings (SSSR count). The van der Waals surface area contributed by atoms with Crippen LogP contribution in [-0.4, -0.2) is 73.5 Å². The maximum atomic E-state index is 13.2. The second-order valence-corrected chi connectivity index (χ2v) is 11.3. The maximum absolute atomic E-state index is 13.2. The highest BCUT2D eigenvalue weighted by Gasteiger charge is 2.41. The number of nitrogens with one attached hydrogen (secondary N) is 1. The van der Waals surface area contributed by atoms with Gasteiger partial charge in [-0.05, 0) is 80.8 Å². The van der Waals surface area contributed by atoms with Crippen LogP contribution in [-0.2, 0) is 26.3 Å². The number of rotatable bonds is 11. The molecule has 2 aromatic carbocycles. The summed E-state index contributed by atoms with van der Waals surface area (Å²) < 4.78 is 11.6. The van der Waals surface area contributed by atoms with E-state index in [1.807, 2.05) is 47.4 Å². The molecular formula is C32H41N3O5. The van der Waals surface area contributed by atoms with Crippen LogP contribution in [0.2, 0.25) is 0 Å². The summed E-state index contributed by atoms with van der Waals surface area (Å²) in [5.74, 6) is 1.36. The van der Waals surface area contributed by atoms with Gasteiger partial charge in [-0.2, -0.15) is 0 Å². The lowest BCUT2D eigenvalue weighted by atomic mass is 9.80. The first-order valence-corrected chi connectivity index (χ1v) is 14.7. The van der Waals surface area contributed by atoms with Gasteiger partial charge < -0.3 is 24.5 Å². The molecule has 0 aliphatic carbocycles. The van der Waals surface area contributed by atoms with Crippen molar-refractivity contribution < 1.29 is 23.9 Å². The Balaban J connectivity index is 1.13. The molecule has 2 bridgehead atoms. The van der Waals surface area contributed by atoms with Crippen molar-refractivity contribution in [2.24, 2.45) is 5.92 Å². The van der Waals surface area contributed by atoms with Crippen molar-refractivity contribution in [1.29, 1.82) is 0 Å². The van der Waals surface area contributed by atoms with Crippen LogP contribution < -0.4 is 10.1 Å². The van der Waals surface area contributed by atoms with E-state index < -0.39 is 5.54 Å². The number of ether oxygens (including phenoxy) is 2. The minimum atomic E-state index is -0.551. The normalized spacial score (nSPS) is 23.3. The number of unbranched alkanes of at least 4 members (excludes halogenated alkanes) is 1. The minimum Gasteiger partial charge on any atom is -0.494 e. The van der Waals surface area contributed by atoms with Crippen molar-refractivity contribution in [3.63, 3.8) is 0 Å². The van der Waals surface area contributed by atoms with Crippen LogP contribution >= 0.6 is 0 Å². The lowest BCUT2D eigenvalue weighted by Gasteiger charge is -2.45. The Bertz CT molecular complexity index is 1120. The Morgan fingerprint density at radius 2 is 1.70 bits per heavy atom. The summed E-state index contributed by atoms with van der Waals surface area (Å²) in [6, 6.07) is 17.9. The molecule has 4 aliphatic heterocycles. The van der Waals surface area contributed by atoms with Crippen LogP contribution in [0.4, 0.5) is 4.79 Å². The highest BCUT2D eigenvalue weighted by molar-refractivity contribution is 5.77. The minimum absolute atomic E-state index is 0.0416. The molecule has 1 N–H and O–H groups in total. The van der Waals surface area contributed by atoms with Gasteiger partial charge in [0.05, 0.1) is 12.1 Å². The van der Waals surface area contributed by atoms with E-state index in [9.17, 15) is 14.4 Å². The van der Waals surface area contributed by atoms with Gasteiger partial charge in [0, 0.05) is 32.5 Å². The monoisotopic (exact) mass is 547 g/mol. The van der Waals surface area contributed by atoms with E-state index in [1.165, 1.54) is 0 Å². The fraction of sp³-hybridized carbons (Fsp3) is 0.531. The smallest absolute Gasteiger partial charge is 0.408 e. The molecule has 4 saturated heterocycles. The summed E-state index contributed by atoms with van der Waals surface area (Å²) in [7, 11) is 0. The third-order valence-electron chi connectivity index (χ3n) is 8.78. The predicted octanol–water partition coefficient (Wildman–Crippen LogP) is 4.32. The van der Waals surface area contributed by atoms with Crippen molar-refractivity contribution in [3.05, 3.63) is 65.7 Å². The number of nitrogens with zero attached hydrogens (tertiary/aromatic N) is 2. The SMILES string of the molecule is O=CCCCOc1ccc(CCC(=O)N2CCC(NC(=O)O[C@H]3CN4CCC3CC4)(c3ccccc3)CC2)cc1. The topological polar surface area (TPSA) is 88.2 Å². The van der Waals surface area contributed by atoms with Gasteiger partial charge in [-0.3, -0.25) is 9.69 Å². The van der Waals surface area contributed by atoms with Gasteiger partial charge in [0.2, 0.25) is 5.91 Å². The fourth-order valence-corrected chi connectivity index (χ4v) is 6.31. The Morgan fingerprint density at radius 1 is 0.975 bits per heavy atom. The molecule has 2 amide bonds. The standard InChI is InChI=1S/C32H41N3O5/c36-22-4-5-23-39-28-11-8-25(9-12-28)10-13-30(37)35-20-16-32(17-21-35,27-6-2-1-3-7-27)33-31(38)40-29-24-34-18-14-26(29)15-19-34/h1-3,6-9,11-12,22,26,29H,4-5,10,13-21,23-24H2,(H,33,38)/t29-/m0/s1. The molecule has 8 heteroatoms. The second-order valence-electron chi connectivity index (χ2n) is 11.3. The maximum Gasteiger partial charge on any atom is 0.408 e. The lowest BCUT2D eigenvalue weighted by Crippen LogP contribution is -2.56. The van der Waals surface area contributed by atoms with Gasteiger partial charge in [0.1, 0.15) is 18.1 Å². The number of alkyl carbamates (subject to hydrolysis) is 1. The summed E-state index contributed by atoms with van der Waals surface area (Å²) >= 11 is 0. The molecule has 0 aromatic heterocycles. The van der Waals surface area contributed by atoms with E-state index in [-0.39, 0.29) is 18.1 Å². The van der Waals surface area contributed by atoms with Crippen LogP contribution in [0, 0.1) is 5.92 Å². The molecule has 4 heterocycles. The van der Waals surface area contributed by atoms with Gasteiger partial charge in [-0.15, -0.1) is 0 Å². The average Bonchev–Trinajstić information content (AvgIpc) is 3.00. The zero-order valence-corrected chi connectivity index (χ0v) is 23.3. The number of fused-ring (bicyclic) bond motifs is 3. The number of hydrogen-bond acceptors (Lipinski definition) is 6. The number of benzene rings is 2. The summed E-state index contributed by atoms with van der Waals surface area (Å²) in [4.78, 5) is 41.0. The summed E-state index contributed by atoms with van der Waals surface area (Å²) in [6.07, 6.45) is 6.30. The number of carbonyl (C=O) groups excluding carboxylic acids is 3. The molecule has 2 aromatic rings. The highest BCUT2D eigenvalue weighted by atomic mass is 16.6. The molecule has 0 unspecified atom stereocenters. The van der Waals surface area contributed by atoms with Crippen molar-refractivity contribution >= 4 is 18.3 Å². The largest absolute Gasteiger partial charge is 0.494 e. The molecule has 1 atom stereocenters. The molecule has 214 valence electrons. The molecular weight excluding hydrogens is 506 g/mol. The molecule has 40 heavy (non-hydrogen) atoms. The fourth-order valence-electron chi connectivity index (χ4n) is 6.31. The van der Waals surface area contributed by atoms with Gasteiger partial charge in [0.25, 0.3) is 0 Å². The number of likely N-dealkylation sites (tertiary alicyclic amines) is 1. The Kier molecular flexibility index (Phi) is 9.37. The second kappa shape index (κ2) is 13.3. The number of carbonyl (C=O) groups is 3. The van der Waals surface area contributed by atoms with Gasteiger partial charge >= 0.3 is 6.09 Å². The summed E-state index contributed by atoms with van der Waals surface area (Å²) in [5.41, 5.74) is 1.59. The van der Waals surface area contributed by atoms with Crippen LogP contribution in [0.1, 0.15) is 56.1 Å². The Hall–Kier alpha value is -3.39. The van der Waals surface area contributed by atoms with Crippen molar-refractivity contribution in [3.8, 4) is 5.75 Å². The first-order valence-electron chi connectivity index (χ1n) is 14.7. The van der Waals surface area contributed by atoms with E-state index in [2.05, 4.69) is 22.3 Å². The lowest BCUT2D eigenvalue weighted by molar-refractivity contribution is -0.133. The van der Waals surface area contributed by atoms with E-state index in [1.54, 1.807) is 0 Å². The molecule has 4 aliphatic rings. The van der Waals surface area contributed by atoms with Crippen molar-refractivity contribution in [1.82, 2.24) is 15.1 Å². The molecule has 0 radical (unpaired) electrons. The van der Waals surface area contributed by atoms with Gasteiger partial charge in [0.15, 0.2) is 0 Å². The number of aldehydes is 1. The van der Waals surface area contributed by atoms with Crippen LogP contribution in [0.3, 0.4) is 0 Å². The number of piperidine rings is 4. The van der Waals surface area contributed by atoms with Crippen LogP contribution in [0.15, 0.2) is 54.6 Å². The Labute approximate surface area is 237 Å². The van der Waals surface area contributed by atoms with Crippen molar-refractivity contribution in [2.45, 2.75) is 63.0 Å². The zero-order chi connectivity index (χ0) is 27.8. The van der Waals surface area contributed by atoms with Crippen LogP contribution in [0.5, 0.6) is 5.75 Å². The number of amides is 2. The molecule has 8 nitrogen and oxygen atoms in total. The predicted molar refractivity (Wildman–Crippen MR) is 152 cm³/mol. The van der Waals surface area contributed by atoms with Crippen LogP contribution in [0.25, 0.3) is 0 Å². The summed E-state index contributed by atoms with van der Waals surface area (Å²) in [5, 5.41) is 3.25.